The van der Waals surface area contributed by atoms with Crippen LogP contribution in [0.3, 0.4) is 0 Å². The minimum Gasteiger partial charge on any atom is -0.369 e. The molecule has 2 aromatic carbocycles. The molecule has 27 heavy (non-hydrogen) atoms. The molecule has 2 N–H and O–H groups in total. The number of nitrogens with one attached hydrogen (secondary N) is 2. The van der Waals surface area contributed by atoms with Crippen molar-refractivity contribution in [1.82, 2.24) is 15.3 Å². The lowest BCUT2D eigenvalue weighted by Crippen LogP contribution is -2.24. The van der Waals surface area contributed by atoms with Gasteiger partial charge in [0.2, 0.25) is 0 Å². The predicted octanol–water partition coefficient (Wildman–Crippen LogP) is 4.10. The SMILES string of the molecule is O=C(NCc1ccc(Cl)cc1)c1cnc(NCCCc2ccccc2)cn1. The minimum absolute atomic E-state index is 0.256. The Hall–Kier alpha value is -2.92. The van der Waals surface area contributed by atoms with Crippen molar-refractivity contribution in [3.63, 3.8) is 0 Å². The normalized spacial score (nSPS) is 10.4. The van der Waals surface area contributed by atoms with Crippen molar-refractivity contribution in [3.8, 4) is 0 Å². The Morgan fingerprint density at radius 1 is 0.926 bits per heavy atom. The highest BCUT2D eigenvalue weighted by molar-refractivity contribution is 6.30. The van der Waals surface area contributed by atoms with Crippen molar-refractivity contribution in [2.45, 2.75) is 19.4 Å². The number of benzene rings is 2. The number of hydrogen-bond acceptors (Lipinski definition) is 4. The van der Waals surface area contributed by atoms with Gasteiger partial charge in [0.05, 0.1) is 12.4 Å². The van der Waals surface area contributed by atoms with Gasteiger partial charge < -0.3 is 10.6 Å². The summed E-state index contributed by atoms with van der Waals surface area (Å²) in [7, 11) is 0. The van der Waals surface area contributed by atoms with Crippen LogP contribution in [0.15, 0.2) is 67.0 Å². The zero-order valence-corrected chi connectivity index (χ0v) is 15.6. The smallest absolute Gasteiger partial charge is 0.271 e. The Bertz CT molecular complexity index is 852. The van der Waals surface area contributed by atoms with Gasteiger partial charge in [0, 0.05) is 18.1 Å². The zero-order chi connectivity index (χ0) is 18.9. The molecule has 0 aliphatic carbocycles. The van der Waals surface area contributed by atoms with E-state index in [4.69, 9.17) is 11.6 Å². The van der Waals surface area contributed by atoms with Crippen LogP contribution in [0.1, 0.15) is 28.0 Å². The lowest BCUT2D eigenvalue weighted by molar-refractivity contribution is 0.0945. The largest absolute Gasteiger partial charge is 0.369 e. The molecule has 0 bridgehead atoms. The molecular formula is C21H21ClN4O. The zero-order valence-electron chi connectivity index (χ0n) is 14.9. The van der Waals surface area contributed by atoms with Gasteiger partial charge in [-0.15, -0.1) is 0 Å². The summed E-state index contributed by atoms with van der Waals surface area (Å²) in [5, 5.41) is 6.72. The van der Waals surface area contributed by atoms with Crippen LogP contribution in [0.25, 0.3) is 0 Å². The molecule has 0 radical (unpaired) electrons. The monoisotopic (exact) mass is 380 g/mol. The molecule has 6 heteroatoms. The molecule has 1 aromatic heterocycles. The lowest BCUT2D eigenvalue weighted by Gasteiger charge is -2.07. The Labute approximate surface area is 163 Å². The number of carbonyl (C=O) groups excluding carboxylic acids is 1. The number of rotatable bonds is 8. The third-order valence-corrected chi connectivity index (χ3v) is 4.29. The van der Waals surface area contributed by atoms with Crippen molar-refractivity contribution in [1.29, 1.82) is 0 Å². The molecule has 0 spiro atoms. The van der Waals surface area contributed by atoms with Crippen LogP contribution in [0.4, 0.5) is 5.82 Å². The molecule has 0 fully saturated rings. The van der Waals surface area contributed by atoms with Gasteiger partial charge >= 0.3 is 0 Å². The molecule has 3 aromatic rings. The molecule has 1 amide bonds. The second-order valence-electron chi connectivity index (χ2n) is 6.11. The molecular weight excluding hydrogens is 360 g/mol. The van der Waals surface area contributed by atoms with Crippen LogP contribution >= 0.6 is 11.6 Å². The first-order valence-corrected chi connectivity index (χ1v) is 9.21. The van der Waals surface area contributed by atoms with Crippen LogP contribution in [0, 0.1) is 0 Å². The van der Waals surface area contributed by atoms with Gasteiger partial charge in [0.15, 0.2) is 0 Å². The maximum Gasteiger partial charge on any atom is 0.271 e. The summed E-state index contributed by atoms with van der Waals surface area (Å²) < 4.78 is 0. The van der Waals surface area contributed by atoms with Crippen molar-refractivity contribution in [3.05, 3.63) is 88.8 Å². The fourth-order valence-electron chi connectivity index (χ4n) is 2.57. The van der Waals surface area contributed by atoms with Gasteiger partial charge in [-0.2, -0.15) is 0 Å². The Morgan fingerprint density at radius 3 is 2.41 bits per heavy atom. The van der Waals surface area contributed by atoms with E-state index in [1.807, 2.05) is 30.3 Å². The molecule has 0 atom stereocenters. The van der Waals surface area contributed by atoms with Crippen molar-refractivity contribution in [2.24, 2.45) is 0 Å². The Kier molecular flexibility index (Phi) is 6.77. The Balaban J connectivity index is 1.42. The number of aromatic nitrogens is 2. The Morgan fingerprint density at radius 2 is 1.70 bits per heavy atom. The topological polar surface area (TPSA) is 66.9 Å². The van der Waals surface area contributed by atoms with Gasteiger partial charge in [-0.1, -0.05) is 54.1 Å². The maximum absolute atomic E-state index is 12.2. The molecule has 0 aliphatic rings. The number of halogens is 1. The molecule has 0 aliphatic heterocycles. The van der Waals surface area contributed by atoms with E-state index < -0.39 is 0 Å². The first kappa shape index (κ1) is 18.9. The predicted molar refractivity (Wildman–Crippen MR) is 108 cm³/mol. The van der Waals surface area contributed by atoms with Crippen LogP contribution in [-0.4, -0.2) is 22.4 Å². The second kappa shape index (κ2) is 9.69. The molecule has 3 rings (SSSR count). The summed E-state index contributed by atoms with van der Waals surface area (Å²) in [5.41, 5.74) is 2.58. The number of aryl methyl sites for hydroxylation is 1. The second-order valence-corrected chi connectivity index (χ2v) is 6.55. The van der Waals surface area contributed by atoms with E-state index in [-0.39, 0.29) is 5.91 Å². The van der Waals surface area contributed by atoms with E-state index in [0.717, 1.165) is 24.9 Å². The fourth-order valence-corrected chi connectivity index (χ4v) is 2.69. The van der Waals surface area contributed by atoms with E-state index in [9.17, 15) is 4.79 Å². The highest BCUT2D eigenvalue weighted by atomic mass is 35.5. The van der Waals surface area contributed by atoms with Gasteiger partial charge in [-0.3, -0.25) is 4.79 Å². The third kappa shape index (κ3) is 6.08. The summed E-state index contributed by atoms with van der Waals surface area (Å²) in [4.78, 5) is 20.6. The van der Waals surface area contributed by atoms with Gasteiger partial charge in [-0.25, -0.2) is 9.97 Å². The quantitative estimate of drug-likeness (QED) is 0.577. The third-order valence-electron chi connectivity index (χ3n) is 4.04. The molecule has 5 nitrogen and oxygen atoms in total. The van der Waals surface area contributed by atoms with E-state index in [1.54, 1.807) is 18.3 Å². The van der Waals surface area contributed by atoms with Crippen LogP contribution in [0.5, 0.6) is 0 Å². The summed E-state index contributed by atoms with van der Waals surface area (Å²) in [6.07, 6.45) is 5.07. The molecule has 0 unspecified atom stereocenters. The molecule has 1 heterocycles. The number of amides is 1. The molecule has 0 saturated heterocycles. The van der Waals surface area contributed by atoms with Crippen molar-refractivity contribution < 1.29 is 4.79 Å². The fraction of sp³-hybridized carbons (Fsp3) is 0.190. The summed E-state index contributed by atoms with van der Waals surface area (Å²) >= 11 is 5.85. The summed E-state index contributed by atoms with van der Waals surface area (Å²) in [6, 6.07) is 17.7. The standard InChI is InChI=1S/C21H21ClN4O/c22-18-10-8-17(9-11-18)13-26-21(27)19-14-25-20(15-24-19)23-12-4-7-16-5-2-1-3-6-16/h1-3,5-6,8-11,14-15H,4,7,12-13H2,(H,23,25)(H,26,27). The minimum atomic E-state index is -0.256. The average molecular weight is 381 g/mol. The lowest BCUT2D eigenvalue weighted by atomic mass is 10.1. The first-order valence-electron chi connectivity index (χ1n) is 8.83. The summed E-state index contributed by atoms with van der Waals surface area (Å²) in [6.45, 7) is 1.21. The van der Waals surface area contributed by atoms with Gasteiger partial charge in [0.1, 0.15) is 11.5 Å². The van der Waals surface area contributed by atoms with Gasteiger partial charge in [-0.05, 0) is 36.1 Å². The van der Waals surface area contributed by atoms with Crippen LogP contribution in [0.2, 0.25) is 5.02 Å². The number of carbonyl (C=O) groups is 1. The first-order chi connectivity index (χ1) is 13.2. The van der Waals surface area contributed by atoms with E-state index in [2.05, 4.69) is 32.7 Å². The molecule has 0 saturated carbocycles. The van der Waals surface area contributed by atoms with Crippen molar-refractivity contribution >= 4 is 23.3 Å². The highest BCUT2D eigenvalue weighted by Gasteiger charge is 2.07. The van der Waals surface area contributed by atoms with E-state index in [1.165, 1.54) is 11.8 Å². The van der Waals surface area contributed by atoms with Gasteiger partial charge in [0.25, 0.3) is 5.91 Å². The number of anilines is 1. The average Bonchev–Trinajstić information content (AvgIpc) is 2.72. The van der Waals surface area contributed by atoms with E-state index >= 15 is 0 Å². The van der Waals surface area contributed by atoms with Crippen LogP contribution < -0.4 is 10.6 Å². The van der Waals surface area contributed by atoms with Crippen LogP contribution in [-0.2, 0) is 13.0 Å². The van der Waals surface area contributed by atoms with E-state index in [0.29, 0.717) is 23.1 Å². The maximum atomic E-state index is 12.2. The molecule has 138 valence electrons. The van der Waals surface area contributed by atoms with Crippen molar-refractivity contribution in [2.75, 3.05) is 11.9 Å². The summed E-state index contributed by atoms with van der Waals surface area (Å²) in [5.74, 6) is 0.408. The number of nitrogens with zero attached hydrogens (tertiary/aromatic N) is 2. The highest BCUT2D eigenvalue weighted by Crippen LogP contribution is 2.09. The number of hydrogen-bond donors (Lipinski definition) is 2.